The zero-order valence-corrected chi connectivity index (χ0v) is 15.6. The number of rotatable bonds is 8. The van der Waals surface area contributed by atoms with Crippen molar-refractivity contribution >= 4 is 24.8 Å². The molecule has 6 heteroatoms. The normalized spacial score (nSPS) is 10.5. The van der Waals surface area contributed by atoms with Gasteiger partial charge in [-0.1, -0.05) is 27.7 Å². The van der Waals surface area contributed by atoms with Crippen molar-refractivity contribution in [3.8, 4) is 11.5 Å². The highest BCUT2D eigenvalue weighted by atomic mass is 35.5. The number of nitrogens with zero attached hydrogens (tertiary/aromatic N) is 2. The first kappa shape index (κ1) is 23.6. The molecule has 130 valence electrons. The fraction of sp³-hybridized carbons (Fsp3) is 0.625. The van der Waals surface area contributed by atoms with Gasteiger partial charge in [0.05, 0.1) is 0 Å². The van der Waals surface area contributed by atoms with Gasteiger partial charge < -0.3 is 10.2 Å². The SMILES string of the molecule is CCN(CC)Cc1cc(O)c(CN(CC)CC)cc1O.Cl.Cl. The zero-order valence-electron chi connectivity index (χ0n) is 14.0. The van der Waals surface area contributed by atoms with Crippen molar-refractivity contribution in [2.45, 2.75) is 40.8 Å². The van der Waals surface area contributed by atoms with Gasteiger partial charge in [-0.3, -0.25) is 9.80 Å². The Morgan fingerprint density at radius 3 is 1.18 bits per heavy atom. The Kier molecular flexibility index (Phi) is 12.7. The molecule has 0 aromatic heterocycles. The van der Waals surface area contributed by atoms with Gasteiger partial charge >= 0.3 is 0 Å². The highest BCUT2D eigenvalue weighted by Crippen LogP contribution is 2.29. The summed E-state index contributed by atoms with van der Waals surface area (Å²) in [7, 11) is 0. The van der Waals surface area contributed by atoms with Crippen molar-refractivity contribution in [3.63, 3.8) is 0 Å². The lowest BCUT2D eigenvalue weighted by molar-refractivity contribution is 0.284. The van der Waals surface area contributed by atoms with Crippen molar-refractivity contribution in [3.05, 3.63) is 23.3 Å². The van der Waals surface area contributed by atoms with Gasteiger partial charge in [0.15, 0.2) is 0 Å². The van der Waals surface area contributed by atoms with Crippen LogP contribution in [0.2, 0.25) is 0 Å². The maximum Gasteiger partial charge on any atom is 0.120 e. The molecule has 0 radical (unpaired) electrons. The van der Waals surface area contributed by atoms with Crippen LogP contribution in [0.1, 0.15) is 38.8 Å². The molecule has 22 heavy (non-hydrogen) atoms. The van der Waals surface area contributed by atoms with Crippen LogP contribution in [0.25, 0.3) is 0 Å². The van der Waals surface area contributed by atoms with Gasteiger partial charge in [0.25, 0.3) is 0 Å². The fourth-order valence-corrected chi connectivity index (χ4v) is 2.29. The van der Waals surface area contributed by atoms with Gasteiger partial charge in [0.1, 0.15) is 11.5 Å². The number of benzene rings is 1. The third-order valence-electron chi connectivity index (χ3n) is 3.86. The van der Waals surface area contributed by atoms with Crippen molar-refractivity contribution in [2.75, 3.05) is 26.2 Å². The third-order valence-corrected chi connectivity index (χ3v) is 3.86. The third kappa shape index (κ3) is 6.61. The number of hydrogen-bond donors (Lipinski definition) is 2. The summed E-state index contributed by atoms with van der Waals surface area (Å²) in [6.45, 7) is 13.4. The lowest BCUT2D eigenvalue weighted by atomic mass is 10.1. The average Bonchev–Trinajstić information content (AvgIpc) is 2.46. The van der Waals surface area contributed by atoms with Crippen molar-refractivity contribution in [2.24, 2.45) is 0 Å². The van der Waals surface area contributed by atoms with Gasteiger partial charge in [0, 0.05) is 24.2 Å². The Morgan fingerprint density at radius 2 is 0.955 bits per heavy atom. The van der Waals surface area contributed by atoms with Gasteiger partial charge in [0.2, 0.25) is 0 Å². The maximum absolute atomic E-state index is 10.2. The Balaban J connectivity index is 0. The second-order valence-corrected chi connectivity index (χ2v) is 5.03. The molecule has 0 bridgehead atoms. The topological polar surface area (TPSA) is 46.9 Å². The summed E-state index contributed by atoms with van der Waals surface area (Å²) in [6, 6.07) is 3.40. The Hall–Kier alpha value is -0.680. The summed E-state index contributed by atoms with van der Waals surface area (Å²) in [5.74, 6) is 0.550. The molecule has 0 fully saturated rings. The molecule has 1 aromatic carbocycles. The molecule has 0 aliphatic carbocycles. The number of aromatic hydroxyl groups is 2. The maximum atomic E-state index is 10.2. The zero-order chi connectivity index (χ0) is 15.1. The van der Waals surface area contributed by atoms with E-state index in [1.807, 2.05) is 0 Å². The van der Waals surface area contributed by atoms with E-state index in [4.69, 9.17) is 0 Å². The van der Waals surface area contributed by atoms with E-state index in [1.54, 1.807) is 12.1 Å². The van der Waals surface area contributed by atoms with E-state index in [1.165, 1.54) is 0 Å². The molecule has 0 atom stereocenters. The predicted molar refractivity (Wildman–Crippen MR) is 97.5 cm³/mol. The molecule has 0 aliphatic heterocycles. The van der Waals surface area contributed by atoms with Crippen LogP contribution >= 0.6 is 24.8 Å². The average molecular weight is 353 g/mol. The van der Waals surface area contributed by atoms with Crippen LogP contribution < -0.4 is 0 Å². The molecule has 0 amide bonds. The second-order valence-electron chi connectivity index (χ2n) is 5.03. The minimum atomic E-state index is 0. The van der Waals surface area contributed by atoms with E-state index in [0.29, 0.717) is 13.1 Å². The molecule has 0 aliphatic rings. The van der Waals surface area contributed by atoms with Crippen molar-refractivity contribution < 1.29 is 10.2 Å². The molecule has 0 heterocycles. The van der Waals surface area contributed by atoms with Crippen LogP contribution in [0.3, 0.4) is 0 Å². The number of phenolic OH excluding ortho intramolecular Hbond substituents is 2. The first-order valence-corrected chi connectivity index (χ1v) is 7.53. The van der Waals surface area contributed by atoms with E-state index in [0.717, 1.165) is 37.3 Å². The summed E-state index contributed by atoms with van der Waals surface area (Å²) in [5.41, 5.74) is 1.57. The van der Waals surface area contributed by atoms with Gasteiger partial charge in [-0.15, -0.1) is 24.8 Å². The summed E-state index contributed by atoms with van der Waals surface area (Å²) < 4.78 is 0. The highest BCUT2D eigenvalue weighted by Gasteiger charge is 2.12. The molecule has 2 N–H and O–H groups in total. The lowest BCUT2D eigenvalue weighted by Crippen LogP contribution is -2.23. The number of halogens is 2. The van der Waals surface area contributed by atoms with Gasteiger partial charge in [-0.2, -0.15) is 0 Å². The van der Waals surface area contributed by atoms with E-state index < -0.39 is 0 Å². The molecule has 1 aromatic rings. The standard InChI is InChI=1S/C16H28N2O2.2ClH/c1-5-17(6-2)11-13-9-16(20)14(10-15(13)19)12-18(7-3)8-4;;/h9-10,19-20H,5-8,11-12H2,1-4H3;2*1H. The molecule has 0 saturated carbocycles. The fourth-order valence-electron chi connectivity index (χ4n) is 2.29. The molecule has 0 unspecified atom stereocenters. The Bertz CT molecular complexity index is 383. The largest absolute Gasteiger partial charge is 0.508 e. The monoisotopic (exact) mass is 352 g/mol. The minimum Gasteiger partial charge on any atom is -0.508 e. The van der Waals surface area contributed by atoms with E-state index in [2.05, 4.69) is 37.5 Å². The number of hydrogen-bond acceptors (Lipinski definition) is 4. The Labute approximate surface area is 146 Å². The molecular weight excluding hydrogens is 323 g/mol. The summed E-state index contributed by atoms with van der Waals surface area (Å²) in [6.07, 6.45) is 0. The van der Waals surface area contributed by atoms with Gasteiger partial charge in [-0.25, -0.2) is 0 Å². The first-order chi connectivity index (χ1) is 9.55. The quantitative estimate of drug-likeness (QED) is 0.701. The molecule has 0 saturated heterocycles. The van der Waals surface area contributed by atoms with Gasteiger partial charge in [-0.05, 0) is 38.3 Å². The number of phenols is 2. The summed E-state index contributed by atoms with van der Waals surface area (Å²) >= 11 is 0. The van der Waals surface area contributed by atoms with E-state index in [9.17, 15) is 10.2 Å². The van der Waals surface area contributed by atoms with Crippen LogP contribution in [0.4, 0.5) is 0 Å². The summed E-state index contributed by atoms with van der Waals surface area (Å²) in [4.78, 5) is 4.41. The van der Waals surface area contributed by atoms with Crippen molar-refractivity contribution in [1.82, 2.24) is 9.80 Å². The predicted octanol–water partition coefficient (Wildman–Crippen LogP) is 3.63. The molecule has 1 rings (SSSR count). The van der Waals surface area contributed by atoms with Crippen LogP contribution in [-0.2, 0) is 13.1 Å². The van der Waals surface area contributed by atoms with Crippen LogP contribution in [-0.4, -0.2) is 46.2 Å². The van der Waals surface area contributed by atoms with E-state index >= 15 is 0 Å². The Morgan fingerprint density at radius 1 is 0.682 bits per heavy atom. The van der Waals surface area contributed by atoms with E-state index in [-0.39, 0.29) is 36.3 Å². The molecule has 0 spiro atoms. The first-order valence-electron chi connectivity index (χ1n) is 7.53. The molecule has 4 nitrogen and oxygen atoms in total. The van der Waals surface area contributed by atoms with Crippen molar-refractivity contribution in [1.29, 1.82) is 0 Å². The minimum absolute atomic E-state index is 0. The smallest absolute Gasteiger partial charge is 0.120 e. The highest BCUT2D eigenvalue weighted by molar-refractivity contribution is 5.85. The van der Waals surface area contributed by atoms with Crippen LogP contribution in [0.15, 0.2) is 12.1 Å². The lowest BCUT2D eigenvalue weighted by Gasteiger charge is -2.21. The summed E-state index contributed by atoms with van der Waals surface area (Å²) in [5, 5.41) is 20.3. The van der Waals surface area contributed by atoms with Crippen LogP contribution in [0.5, 0.6) is 11.5 Å². The van der Waals surface area contributed by atoms with Crippen LogP contribution in [0, 0.1) is 0 Å². The second kappa shape index (κ2) is 11.8. The molecular formula is C16H30Cl2N2O2.